The van der Waals surface area contributed by atoms with Crippen molar-refractivity contribution in [1.29, 1.82) is 0 Å². The van der Waals surface area contributed by atoms with E-state index in [1.807, 2.05) is 0 Å². The summed E-state index contributed by atoms with van der Waals surface area (Å²) >= 11 is 0. The Kier molecular flexibility index (Phi) is 13.9. The molecule has 5 heteroatoms. The van der Waals surface area contributed by atoms with Gasteiger partial charge in [-0.2, -0.15) is 0 Å². The third kappa shape index (κ3) is 6.71. The van der Waals surface area contributed by atoms with Gasteiger partial charge in [0, 0.05) is 32.7 Å². The fourth-order valence-corrected chi connectivity index (χ4v) is 0.363. The van der Waals surface area contributed by atoms with Gasteiger partial charge in [-0.3, -0.25) is 11.8 Å². The molecule has 0 bridgehead atoms. The molecule has 0 rings (SSSR count). The van der Waals surface area contributed by atoms with E-state index in [0.717, 1.165) is 0 Å². The van der Waals surface area contributed by atoms with E-state index < -0.39 is 5.54 Å². The van der Waals surface area contributed by atoms with Gasteiger partial charge < -0.3 is 17.0 Å². The second kappa shape index (κ2) is 8.80. The molecule has 1 radical (unpaired) electrons. The summed E-state index contributed by atoms with van der Waals surface area (Å²) in [5.74, 6) is -0.384. The summed E-state index contributed by atoms with van der Waals surface area (Å²) in [5.41, 5.74) is -0.921. The van der Waals surface area contributed by atoms with Gasteiger partial charge in [0.2, 0.25) is 0 Å². The van der Waals surface area contributed by atoms with Crippen molar-refractivity contribution in [3.63, 3.8) is 0 Å². The first kappa shape index (κ1) is 18.9. The van der Waals surface area contributed by atoms with Crippen LogP contribution in [-0.2, 0) is 63.3 Å². The predicted molar refractivity (Wildman–Crippen MR) is 38.9 cm³/mol. The first-order chi connectivity index (χ1) is 4.54. The minimum atomic E-state index is -0.921. The summed E-state index contributed by atoms with van der Waals surface area (Å²) in [7, 11) is 3.35. The molecule has 0 spiro atoms. The average Bonchev–Trinajstić information content (AvgIpc) is 1.89. The van der Waals surface area contributed by atoms with Crippen molar-refractivity contribution in [2.24, 2.45) is 0 Å². The number of hydrogen-bond donors (Lipinski definition) is 1. The van der Waals surface area contributed by atoms with Crippen LogP contribution in [0.2, 0.25) is 0 Å². The summed E-state index contributed by atoms with van der Waals surface area (Å²) in [5, 5.41) is 2.49. The Labute approximate surface area is 114 Å². The molecule has 0 aliphatic rings. The molecule has 0 heterocycles. The molecule has 0 fully saturated rings. The van der Waals surface area contributed by atoms with Crippen molar-refractivity contribution in [2.75, 3.05) is 6.61 Å². The molecule has 0 aromatic heterocycles. The molecule has 0 aliphatic heterocycles. The standard InChI is InChI=1S/C7H13NO2.W.Y/c1-5-10-6(9)7(2,3)8-4;;/h8H,2,4-5H2,1,3H3;;/q-2;+2;. The van der Waals surface area contributed by atoms with Crippen LogP contribution in [0.1, 0.15) is 13.8 Å². The first-order valence-electron chi connectivity index (χ1n) is 3.11. The molecule has 0 amide bonds. The van der Waals surface area contributed by atoms with E-state index in [4.69, 9.17) is 4.74 Å². The van der Waals surface area contributed by atoms with Crippen molar-refractivity contribution in [3.8, 4) is 0 Å². The van der Waals surface area contributed by atoms with Gasteiger partial charge >= 0.3 is 21.1 Å². The maximum Gasteiger partial charge on any atom is 2.00 e. The third-order valence-electron chi connectivity index (χ3n) is 1.12. The van der Waals surface area contributed by atoms with Gasteiger partial charge in [-0.15, -0.1) is 0 Å². The maximum atomic E-state index is 10.9. The molecule has 0 aromatic carbocycles. The smallest absolute Gasteiger partial charge is 0.484 e. The normalized spacial score (nSPS) is 13.3. The maximum absolute atomic E-state index is 10.9. The SMILES string of the molecule is [CH2-]NC([CH2-])(C)C(=O)OCC.[W+2].[Y]. The predicted octanol–water partition coefficient (Wildman–Crippen LogP) is 0.518. The average molecular weight is 416 g/mol. The Morgan fingerprint density at radius 1 is 1.67 bits per heavy atom. The zero-order valence-corrected chi connectivity index (χ0v) is 13.2. The van der Waals surface area contributed by atoms with Crippen molar-refractivity contribution in [1.82, 2.24) is 5.32 Å². The molecule has 0 saturated heterocycles. The molecular weight excluding hydrogens is 403 g/mol. The van der Waals surface area contributed by atoms with Crippen LogP contribution < -0.4 is 5.32 Å². The van der Waals surface area contributed by atoms with Gasteiger partial charge in [0.1, 0.15) is 0 Å². The Morgan fingerprint density at radius 2 is 2.08 bits per heavy atom. The van der Waals surface area contributed by atoms with Gasteiger partial charge in [-0.05, 0) is 12.5 Å². The summed E-state index contributed by atoms with van der Waals surface area (Å²) in [6, 6.07) is 0. The van der Waals surface area contributed by atoms with Gasteiger partial charge in [-0.1, -0.05) is 6.92 Å². The Balaban J connectivity index is -0.000000405. The number of ether oxygens (including phenoxy) is 1. The Morgan fingerprint density at radius 3 is 2.33 bits per heavy atom. The summed E-state index contributed by atoms with van der Waals surface area (Å²) < 4.78 is 4.69. The molecular formula is C7H13NO2WY. The molecule has 0 aliphatic carbocycles. The van der Waals surface area contributed by atoms with Crippen LogP contribution in [0.4, 0.5) is 0 Å². The minimum Gasteiger partial charge on any atom is -0.484 e. The van der Waals surface area contributed by atoms with E-state index in [1.165, 1.54) is 0 Å². The second-order valence-corrected chi connectivity index (χ2v) is 2.23. The van der Waals surface area contributed by atoms with E-state index in [1.54, 1.807) is 13.8 Å². The number of rotatable bonds is 3. The van der Waals surface area contributed by atoms with E-state index in [0.29, 0.717) is 6.61 Å². The topological polar surface area (TPSA) is 38.3 Å². The zero-order chi connectivity index (χ0) is 8.20. The fourth-order valence-electron chi connectivity index (χ4n) is 0.363. The molecule has 0 aromatic rings. The molecule has 1 atom stereocenters. The largest absolute Gasteiger partial charge is 2.00 e. The van der Waals surface area contributed by atoms with E-state index >= 15 is 0 Å². The molecule has 1 N–H and O–H groups in total. The van der Waals surface area contributed by atoms with Crippen LogP contribution in [0.5, 0.6) is 0 Å². The van der Waals surface area contributed by atoms with Gasteiger partial charge in [0.25, 0.3) is 5.97 Å². The number of esters is 1. The number of nitrogens with one attached hydrogen (secondary N) is 1. The van der Waals surface area contributed by atoms with Crippen molar-refractivity contribution >= 4 is 5.97 Å². The molecule has 3 nitrogen and oxygen atoms in total. The molecule has 1 unspecified atom stereocenters. The van der Waals surface area contributed by atoms with E-state index in [-0.39, 0.29) is 59.7 Å². The number of hydrogen-bond acceptors (Lipinski definition) is 3. The third-order valence-corrected chi connectivity index (χ3v) is 1.12. The minimum absolute atomic E-state index is 0. The molecule has 12 heavy (non-hydrogen) atoms. The quantitative estimate of drug-likeness (QED) is 0.539. The van der Waals surface area contributed by atoms with E-state index in [9.17, 15) is 4.79 Å². The number of carbonyl (C=O) groups is 1. The van der Waals surface area contributed by atoms with Crippen molar-refractivity contribution in [2.45, 2.75) is 19.4 Å². The Bertz CT molecular complexity index is 131. The van der Waals surface area contributed by atoms with Crippen LogP contribution in [-0.4, -0.2) is 18.1 Å². The van der Waals surface area contributed by atoms with Crippen LogP contribution in [0.3, 0.4) is 0 Å². The van der Waals surface area contributed by atoms with Gasteiger partial charge in [0.05, 0.1) is 6.61 Å². The monoisotopic (exact) mass is 416 g/mol. The fraction of sp³-hybridized carbons (Fsp3) is 0.571. The molecule has 0 saturated carbocycles. The van der Waals surface area contributed by atoms with Crippen LogP contribution in [0, 0.1) is 14.0 Å². The van der Waals surface area contributed by atoms with Crippen molar-refractivity contribution in [3.05, 3.63) is 14.0 Å². The second-order valence-electron chi connectivity index (χ2n) is 2.23. The Hall–Kier alpha value is 1.22. The van der Waals surface area contributed by atoms with Crippen LogP contribution in [0.15, 0.2) is 0 Å². The van der Waals surface area contributed by atoms with E-state index in [2.05, 4.69) is 19.3 Å². The summed E-state index contributed by atoms with van der Waals surface area (Å²) in [6.45, 7) is 7.28. The summed E-state index contributed by atoms with van der Waals surface area (Å²) in [6.07, 6.45) is 0. The first-order valence-corrected chi connectivity index (χ1v) is 3.11. The van der Waals surface area contributed by atoms with Gasteiger partial charge in [-0.25, -0.2) is 0 Å². The summed E-state index contributed by atoms with van der Waals surface area (Å²) in [4.78, 5) is 10.9. The van der Waals surface area contributed by atoms with Crippen molar-refractivity contribution < 1.29 is 63.3 Å². The van der Waals surface area contributed by atoms with Crippen LogP contribution >= 0.6 is 0 Å². The zero-order valence-electron chi connectivity index (χ0n) is 7.42. The number of carbonyl (C=O) groups excluding carboxylic acids is 1. The van der Waals surface area contributed by atoms with Gasteiger partial charge in [0.15, 0.2) is 0 Å². The van der Waals surface area contributed by atoms with Crippen LogP contribution in [0.25, 0.3) is 0 Å². The molecule has 67 valence electrons.